The van der Waals surface area contributed by atoms with Gasteiger partial charge in [0.2, 0.25) is 23.6 Å². The van der Waals surface area contributed by atoms with E-state index >= 15 is 0 Å². The quantitative estimate of drug-likeness (QED) is 0.183. The summed E-state index contributed by atoms with van der Waals surface area (Å²) in [5.74, 6) is -4.22. The standard InChI is InChI=1S/C23H30N6O6S/c24-14(8-12-10-26-15-5-2-1-4-13(12)15)20(31)27-16(9-19(25)30)21(32)28-17(11-36)22(33)29-7-3-6-18(29)23(34)35/h1-2,4-5,10,14,16-18,26,36H,3,6-9,11,24H2,(H2,25,30)(H,27,31)(H,28,32)(H,34,35). The van der Waals surface area contributed by atoms with Gasteiger partial charge in [-0.15, -0.1) is 0 Å². The molecule has 13 heteroatoms. The lowest BCUT2D eigenvalue weighted by molar-refractivity contribution is -0.149. The van der Waals surface area contributed by atoms with Crippen molar-refractivity contribution >= 4 is 53.1 Å². The Morgan fingerprint density at radius 3 is 2.50 bits per heavy atom. The van der Waals surface area contributed by atoms with Gasteiger partial charge in [0.15, 0.2) is 0 Å². The van der Waals surface area contributed by atoms with Gasteiger partial charge < -0.3 is 37.1 Å². The zero-order valence-corrected chi connectivity index (χ0v) is 20.4. The van der Waals surface area contributed by atoms with E-state index in [9.17, 15) is 29.1 Å². The third-order valence-electron chi connectivity index (χ3n) is 6.11. The fraction of sp³-hybridized carbons (Fsp3) is 0.435. The van der Waals surface area contributed by atoms with Crippen LogP contribution in [-0.4, -0.2) is 81.1 Å². The number of nitrogens with zero attached hydrogens (tertiary/aromatic N) is 1. The minimum Gasteiger partial charge on any atom is -0.480 e. The highest BCUT2D eigenvalue weighted by molar-refractivity contribution is 7.80. The van der Waals surface area contributed by atoms with Crippen molar-refractivity contribution in [3.8, 4) is 0 Å². The van der Waals surface area contributed by atoms with E-state index in [1.165, 1.54) is 4.90 Å². The number of aliphatic carboxylic acids is 1. The fourth-order valence-electron chi connectivity index (χ4n) is 4.26. The molecule has 2 aromatic rings. The molecule has 0 aliphatic carbocycles. The molecule has 4 amide bonds. The first kappa shape index (κ1) is 27.0. The summed E-state index contributed by atoms with van der Waals surface area (Å²) in [5.41, 5.74) is 13.0. The number of amides is 4. The number of rotatable bonds is 11. The molecule has 1 aliphatic rings. The topological polar surface area (TPSA) is 201 Å². The minimum absolute atomic E-state index is 0.120. The van der Waals surface area contributed by atoms with E-state index in [0.29, 0.717) is 12.8 Å². The van der Waals surface area contributed by atoms with Crippen molar-refractivity contribution < 1.29 is 29.1 Å². The number of hydrogen-bond donors (Lipinski definition) is 7. The summed E-state index contributed by atoms with van der Waals surface area (Å²) >= 11 is 4.11. The van der Waals surface area contributed by atoms with E-state index in [-0.39, 0.29) is 18.7 Å². The summed E-state index contributed by atoms with van der Waals surface area (Å²) in [6, 6.07) is 2.95. The molecular formula is C23H30N6O6S. The SMILES string of the molecule is NC(=O)CC(NC(=O)C(N)Cc1c[nH]c2ccccc12)C(=O)NC(CS)C(=O)N1CCCC1C(=O)O. The van der Waals surface area contributed by atoms with Gasteiger partial charge >= 0.3 is 5.97 Å². The fourth-order valence-corrected chi connectivity index (χ4v) is 4.51. The smallest absolute Gasteiger partial charge is 0.326 e. The molecule has 1 aromatic heterocycles. The number of nitrogens with one attached hydrogen (secondary N) is 3. The summed E-state index contributed by atoms with van der Waals surface area (Å²) < 4.78 is 0. The first-order valence-electron chi connectivity index (χ1n) is 11.5. The molecule has 0 spiro atoms. The molecule has 8 N–H and O–H groups in total. The molecule has 36 heavy (non-hydrogen) atoms. The van der Waals surface area contributed by atoms with Crippen molar-refractivity contribution in [2.45, 2.75) is 49.9 Å². The average molecular weight is 519 g/mol. The Labute approximate surface area is 212 Å². The number of benzene rings is 1. The number of carboxylic acid groups (broad SMARTS) is 1. The van der Waals surface area contributed by atoms with Gasteiger partial charge in [-0.05, 0) is 30.9 Å². The second-order valence-corrected chi connectivity index (χ2v) is 9.04. The number of H-pyrrole nitrogens is 1. The summed E-state index contributed by atoms with van der Waals surface area (Å²) in [5, 5.41) is 15.1. The van der Waals surface area contributed by atoms with Crippen molar-refractivity contribution in [2.75, 3.05) is 12.3 Å². The number of carboxylic acids is 1. The molecule has 194 valence electrons. The molecular weight excluding hydrogens is 488 g/mol. The van der Waals surface area contributed by atoms with E-state index < -0.39 is 60.2 Å². The lowest BCUT2D eigenvalue weighted by atomic mass is 10.0. The maximum Gasteiger partial charge on any atom is 0.326 e. The number of primary amides is 1. The molecule has 1 fully saturated rings. The Morgan fingerprint density at radius 2 is 1.83 bits per heavy atom. The summed E-state index contributed by atoms with van der Waals surface area (Å²) in [7, 11) is 0. The van der Waals surface area contributed by atoms with Crippen molar-refractivity contribution in [2.24, 2.45) is 11.5 Å². The zero-order chi connectivity index (χ0) is 26.4. The van der Waals surface area contributed by atoms with Crippen LogP contribution in [0.25, 0.3) is 10.9 Å². The Balaban J connectivity index is 1.66. The molecule has 4 unspecified atom stereocenters. The summed E-state index contributed by atoms with van der Waals surface area (Å²) in [4.78, 5) is 65.9. The van der Waals surface area contributed by atoms with Gasteiger partial charge in [-0.3, -0.25) is 19.2 Å². The van der Waals surface area contributed by atoms with Gasteiger partial charge in [0.25, 0.3) is 0 Å². The van der Waals surface area contributed by atoms with Crippen molar-refractivity contribution in [3.05, 3.63) is 36.0 Å². The van der Waals surface area contributed by atoms with Crippen LogP contribution >= 0.6 is 12.6 Å². The van der Waals surface area contributed by atoms with Crippen LogP contribution < -0.4 is 22.1 Å². The number of aromatic amines is 1. The number of likely N-dealkylation sites (tertiary alicyclic amines) is 1. The van der Waals surface area contributed by atoms with Gasteiger partial charge in [-0.2, -0.15) is 12.6 Å². The minimum atomic E-state index is -1.38. The maximum atomic E-state index is 12.9. The highest BCUT2D eigenvalue weighted by Crippen LogP contribution is 2.20. The third-order valence-corrected chi connectivity index (χ3v) is 6.47. The number of thiol groups is 1. The van der Waals surface area contributed by atoms with Gasteiger partial charge in [0, 0.05) is 29.4 Å². The normalized spacial score (nSPS) is 17.8. The molecule has 1 aromatic carbocycles. The van der Waals surface area contributed by atoms with Gasteiger partial charge in [-0.1, -0.05) is 18.2 Å². The number of aromatic nitrogens is 1. The molecule has 3 rings (SSSR count). The van der Waals surface area contributed by atoms with Crippen LogP contribution in [0.4, 0.5) is 0 Å². The Kier molecular flexibility index (Phi) is 8.93. The third kappa shape index (κ3) is 6.34. The van der Waals surface area contributed by atoms with Crippen LogP contribution in [0.1, 0.15) is 24.8 Å². The first-order chi connectivity index (χ1) is 17.1. The predicted molar refractivity (Wildman–Crippen MR) is 134 cm³/mol. The number of carbonyl (C=O) groups is 5. The summed E-state index contributed by atoms with van der Waals surface area (Å²) in [6.45, 7) is 0.236. The molecule has 0 saturated carbocycles. The second-order valence-electron chi connectivity index (χ2n) is 8.67. The number of carbonyl (C=O) groups excluding carboxylic acids is 4. The lowest BCUT2D eigenvalue weighted by Gasteiger charge is -2.28. The van der Waals surface area contributed by atoms with E-state index in [1.54, 1.807) is 6.20 Å². The van der Waals surface area contributed by atoms with Crippen LogP contribution in [0.15, 0.2) is 30.5 Å². The van der Waals surface area contributed by atoms with Crippen LogP contribution in [-0.2, 0) is 30.4 Å². The Morgan fingerprint density at radius 1 is 1.14 bits per heavy atom. The molecule has 2 heterocycles. The highest BCUT2D eigenvalue weighted by atomic mass is 32.1. The Bertz CT molecular complexity index is 1150. The van der Waals surface area contributed by atoms with E-state index in [0.717, 1.165) is 16.5 Å². The average Bonchev–Trinajstić information content (AvgIpc) is 3.49. The lowest BCUT2D eigenvalue weighted by Crippen LogP contribution is -2.58. The molecule has 1 aliphatic heterocycles. The largest absolute Gasteiger partial charge is 0.480 e. The maximum absolute atomic E-state index is 12.9. The molecule has 0 radical (unpaired) electrons. The number of para-hydroxylation sites is 1. The predicted octanol–water partition coefficient (Wildman–Crippen LogP) is -1.11. The number of fused-ring (bicyclic) bond motifs is 1. The number of hydrogen-bond acceptors (Lipinski definition) is 7. The van der Waals surface area contributed by atoms with Crippen LogP contribution in [0.5, 0.6) is 0 Å². The molecule has 12 nitrogen and oxygen atoms in total. The van der Waals surface area contributed by atoms with Crippen LogP contribution in [0.2, 0.25) is 0 Å². The zero-order valence-electron chi connectivity index (χ0n) is 19.5. The highest BCUT2D eigenvalue weighted by Gasteiger charge is 2.38. The van der Waals surface area contributed by atoms with Crippen molar-refractivity contribution in [1.82, 2.24) is 20.5 Å². The first-order valence-corrected chi connectivity index (χ1v) is 12.1. The van der Waals surface area contributed by atoms with Gasteiger partial charge in [-0.25, -0.2) is 4.79 Å². The summed E-state index contributed by atoms with van der Waals surface area (Å²) in [6.07, 6.45) is 2.22. The van der Waals surface area contributed by atoms with Crippen molar-refractivity contribution in [3.63, 3.8) is 0 Å². The van der Waals surface area contributed by atoms with Crippen LogP contribution in [0.3, 0.4) is 0 Å². The van der Waals surface area contributed by atoms with E-state index in [2.05, 4.69) is 28.2 Å². The van der Waals surface area contributed by atoms with E-state index in [4.69, 9.17) is 11.5 Å². The second kappa shape index (κ2) is 11.9. The van der Waals surface area contributed by atoms with Crippen LogP contribution in [0, 0.1) is 0 Å². The Hall–Kier alpha value is -3.58. The molecule has 1 saturated heterocycles. The molecule has 0 bridgehead atoms. The molecule has 4 atom stereocenters. The van der Waals surface area contributed by atoms with Gasteiger partial charge in [0.1, 0.15) is 18.1 Å². The van der Waals surface area contributed by atoms with Crippen molar-refractivity contribution in [1.29, 1.82) is 0 Å². The monoisotopic (exact) mass is 518 g/mol. The van der Waals surface area contributed by atoms with E-state index in [1.807, 2.05) is 24.3 Å². The van der Waals surface area contributed by atoms with Gasteiger partial charge in [0.05, 0.1) is 12.5 Å². The number of nitrogens with two attached hydrogens (primary N) is 2.